The largest absolute Gasteiger partial charge is 0.490 e. The number of rotatable bonds is 6. The molecular weight excluding hydrogens is 338 g/mol. The van der Waals surface area contributed by atoms with Crippen LogP contribution < -0.4 is 20.3 Å². The lowest BCUT2D eigenvalue weighted by molar-refractivity contribution is 0.320. The number of nitrogens with zero attached hydrogens (tertiary/aromatic N) is 3. The predicted octanol–water partition coefficient (Wildman–Crippen LogP) is 2.60. The van der Waals surface area contributed by atoms with Crippen molar-refractivity contribution in [3.8, 4) is 5.75 Å². The topological polar surface area (TPSA) is 61.8 Å². The number of ether oxygens (including phenoxy) is 1. The van der Waals surface area contributed by atoms with Crippen molar-refractivity contribution < 1.29 is 4.74 Å². The van der Waals surface area contributed by atoms with Crippen molar-refractivity contribution in [2.75, 3.05) is 38.2 Å². The van der Waals surface area contributed by atoms with Gasteiger partial charge in [-0.3, -0.25) is 9.98 Å². The second kappa shape index (κ2) is 9.80. The smallest absolute Gasteiger partial charge is 0.191 e. The fourth-order valence-corrected chi connectivity index (χ4v) is 3.24. The van der Waals surface area contributed by atoms with Crippen LogP contribution in [0.15, 0.2) is 53.8 Å². The van der Waals surface area contributed by atoms with Gasteiger partial charge in [-0.15, -0.1) is 0 Å². The minimum Gasteiger partial charge on any atom is -0.490 e. The van der Waals surface area contributed by atoms with Crippen LogP contribution in [0.1, 0.15) is 18.4 Å². The molecule has 0 spiro atoms. The third kappa shape index (κ3) is 5.88. The number of nitrogens with one attached hydrogen (secondary N) is 2. The van der Waals surface area contributed by atoms with E-state index in [0.717, 1.165) is 31.2 Å². The minimum atomic E-state index is 0.380. The zero-order chi connectivity index (χ0) is 18.9. The van der Waals surface area contributed by atoms with Crippen LogP contribution in [-0.4, -0.2) is 50.3 Å². The van der Waals surface area contributed by atoms with Crippen LogP contribution in [0.5, 0.6) is 5.75 Å². The highest BCUT2D eigenvalue weighted by atomic mass is 16.5. The van der Waals surface area contributed by atoms with Crippen LogP contribution in [0.3, 0.4) is 0 Å². The van der Waals surface area contributed by atoms with Gasteiger partial charge in [0.2, 0.25) is 0 Å². The molecule has 3 rings (SSSR count). The number of aliphatic imine (C=N–C) groups is 1. The van der Waals surface area contributed by atoms with E-state index in [0.29, 0.717) is 19.2 Å². The second-order valence-corrected chi connectivity index (χ2v) is 6.80. The summed E-state index contributed by atoms with van der Waals surface area (Å²) in [5.41, 5.74) is 2.59. The molecule has 27 heavy (non-hydrogen) atoms. The summed E-state index contributed by atoms with van der Waals surface area (Å²) in [5, 5.41) is 6.87. The quantitative estimate of drug-likeness (QED) is 0.467. The van der Waals surface area contributed by atoms with Crippen LogP contribution in [0, 0.1) is 6.92 Å². The molecule has 1 unspecified atom stereocenters. The number of anilines is 1. The van der Waals surface area contributed by atoms with Gasteiger partial charge in [0, 0.05) is 38.1 Å². The molecule has 0 saturated carbocycles. The molecule has 1 atom stereocenters. The fourth-order valence-electron chi connectivity index (χ4n) is 3.24. The highest BCUT2D eigenvalue weighted by Crippen LogP contribution is 2.20. The number of piperidine rings is 1. The molecule has 1 aliphatic heterocycles. The van der Waals surface area contributed by atoms with Crippen molar-refractivity contribution in [1.29, 1.82) is 0 Å². The third-order valence-corrected chi connectivity index (χ3v) is 4.68. The maximum absolute atomic E-state index is 5.66. The van der Waals surface area contributed by atoms with Crippen LogP contribution in [0.25, 0.3) is 0 Å². The van der Waals surface area contributed by atoms with Crippen LogP contribution in [-0.2, 0) is 0 Å². The Hall–Kier alpha value is -2.76. The molecule has 1 aromatic heterocycles. The molecule has 1 aliphatic rings. The van der Waals surface area contributed by atoms with Gasteiger partial charge in [-0.05, 0) is 44.0 Å². The van der Waals surface area contributed by atoms with Gasteiger partial charge in [0.25, 0.3) is 0 Å². The molecule has 6 heteroatoms. The Morgan fingerprint density at radius 1 is 1.30 bits per heavy atom. The van der Waals surface area contributed by atoms with E-state index in [4.69, 9.17) is 4.74 Å². The number of hydrogen-bond donors (Lipinski definition) is 2. The average Bonchev–Trinajstić information content (AvgIpc) is 2.72. The molecule has 1 aromatic carbocycles. The molecule has 0 amide bonds. The van der Waals surface area contributed by atoms with Crippen molar-refractivity contribution >= 4 is 11.6 Å². The lowest BCUT2D eigenvalue weighted by atomic mass is 10.0. The molecule has 0 radical (unpaired) electrons. The number of aromatic nitrogens is 1. The molecular formula is C21H29N5O. The molecule has 1 saturated heterocycles. The van der Waals surface area contributed by atoms with Gasteiger partial charge >= 0.3 is 0 Å². The Balaban J connectivity index is 1.44. The third-order valence-electron chi connectivity index (χ3n) is 4.68. The standard InChI is InChI=1S/C21H29N5O/c1-17-7-9-19(10-8-17)26-13-4-5-18(16-26)25-21(22-2)24-12-14-27-20-6-3-11-23-15-20/h3,6-11,15,18H,4-5,12-14,16H2,1-2H3,(H2,22,24,25). The van der Waals surface area contributed by atoms with E-state index in [1.54, 1.807) is 19.4 Å². The SMILES string of the molecule is CN=C(NCCOc1cccnc1)NC1CCCN(c2ccc(C)cc2)C1. The van der Waals surface area contributed by atoms with E-state index < -0.39 is 0 Å². The summed E-state index contributed by atoms with van der Waals surface area (Å²) in [6.45, 7) is 5.45. The summed E-state index contributed by atoms with van der Waals surface area (Å²) in [6, 6.07) is 12.9. The Bertz CT molecular complexity index is 717. The summed E-state index contributed by atoms with van der Waals surface area (Å²) < 4.78 is 5.66. The lowest BCUT2D eigenvalue weighted by Gasteiger charge is -2.35. The molecule has 0 aliphatic carbocycles. The lowest BCUT2D eigenvalue weighted by Crippen LogP contribution is -2.51. The Labute approximate surface area is 161 Å². The first-order valence-corrected chi connectivity index (χ1v) is 9.56. The summed E-state index contributed by atoms with van der Waals surface area (Å²) in [7, 11) is 1.80. The molecule has 6 nitrogen and oxygen atoms in total. The van der Waals surface area contributed by atoms with Gasteiger partial charge in [0.05, 0.1) is 12.7 Å². The second-order valence-electron chi connectivity index (χ2n) is 6.80. The number of benzene rings is 1. The van der Waals surface area contributed by atoms with E-state index in [2.05, 4.69) is 56.7 Å². The van der Waals surface area contributed by atoms with Crippen LogP contribution in [0.2, 0.25) is 0 Å². The first-order chi connectivity index (χ1) is 13.2. The van der Waals surface area contributed by atoms with Gasteiger partial charge in [-0.1, -0.05) is 17.7 Å². The Kier molecular flexibility index (Phi) is 6.90. The minimum absolute atomic E-state index is 0.380. The molecule has 2 N–H and O–H groups in total. The Morgan fingerprint density at radius 2 is 2.15 bits per heavy atom. The summed E-state index contributed by atoms with van der Waals surface area (Å²) in [6.07, 6.45) is 5.78. The maximum Gasteiger partial charge on any atom is 0.191 e. The molecule has 0 bridgehead atoms. The first kappa shape index (κ1) is 19.0. The van der Waals surface area contributed by atoms with Gasteiger partial charge < -0.3 is 20.3 Å². The first-order valence-electron chi connectivity index (χ1n) is 9.56. The molecule has 1 fully saturated rings. The van der Waals surface area contributed by atoms with Crippen molar-refractivity contribution in [3.05, 3.63) is 54.4 Å². The maximum atomic E-state index is 5.66. The summed E-state index contributed by atoms with van der Waals surface area (Å²) in [5.74, 6) is 1.60. The summed E-state index contributed by atoms with van der Waals surface area (Å²) in [4.78, 5) is 10.8. The van der Waals surface area contributed by atoms with E-state index in [-0.39, 0.29) is 0 Å². The fraction of sp³-hybridized carbons (Fsp3) is 0.429. The zero-order valence-corrected chi connectivity index (χ0v) is 16.2. The van der Waals surface area contributed by atoms with Gasteiger partial charge in [-0.25, -0.2) is 0 Å². The van der Waals surface area contributed by atoms with Crippen LogP contribution >= 0.6 is 0 Å². The summed E-state index contributed by atoms with van der Waals surface area (Å²) >= 11 is 0. The highest BCUT2D eigenvalue weighted by molar-refractivity contribution is 5.80. The predicted molar refractivity (Wildman–Crippen MR) is 111 cm³/mol. The van der Waals surface area contributed by atoms with E-state index in [9.17, 15) is 0 Å². The van der Waals surface area contributed by atoms with Gasteiger partial charge in [0.1, 0.15) is 12.4 Å². The molecule has 2 aromatic rings. The van der Waals surface area contributed by atoms with Crippen molar-refractivity contribution in [1.82, 2.24) is 15.6 Å². The van der Waals surface area contributed by atoms with E-state index in [1.165, 1.54) is 17.7 Å². The highest BCUT2D eigenvalue weighted by Gasteiger charge is 2.20. The normalized spacial score (nSPS) is 17.5. The van der Waals surface area contributed by atoms with E-state index >= 15 is 0 Å². The zero-order valence-electron chi connectivity index (χ0n) is 16.2. The van der Waals surface area contributed by atoms with E-state index in [1.807, 2.05) is 12.1 Å². The molecule has 2 heterocycles. The average molecular weight is 367 g/mol. The van der Waals surface area contributed by atoms with Crippen molar-refractivity contribution in [2.45, 2.75) is 25.8 Å². The number of pyridine rings is 1. The number of hydrogen-bond acceptors (Lipinski definition) is 4. The molecule has 144 valence electrons. The Morgan fingerprint density at radius 3 is 2.89 bits per heavy atom. The van der Waals surface area contributed by atoms with Crippen molar-refractivity contribution in [3.63, 3.8) is 0 Å². The van der Waals surface area contributed by atoms with Gasteiger partial charge in [-0.2, -0.15) is 0 Å². The van der Waals surface area contributed by atoms with Crippen LogP contribution in [0.4, 0.5) is 5.69 Å². The van der Waals surface area contributed by atoms with Gasteiger partial charge in [0.15, 0.2) is 5.96 Å². The number of aryl methyl sites for hydroxylation is 1. The monoisotopic (exact) mass is 367 g/mol. The van der Waals surface area contributed by atoms with Crippen molar-refractivity contribution in [2.24, 2.45) is 4.99 Å². The number of guanidine groups is 1.